The lowest BCUT2D eigenvalue weighted by Crippen LogP contribution is -2.22. The Hall–Kier alpha value is -1.23. The van der Waals surface area contributed by atoms with Crippen molar-refractivity contribution < 1.29 is 9.47 Å². The van der Waals surface area contributed by atoms with Crippen LogP contribution < -0.4 is 4.74 Å². The van der Waals surface area contributed by atoms with E-state index in [4.69, 9.17) is 32.7 Å². The van der Waals surface area contributed by atoms with Gasteiger partial charge in [-0.25, -0.2) is 4.98 Å². The van der Waals surface area contributed by atoms with Crippen LogP contribution in [0.15, 0.2) is 36.9 Å². The number of imidazole rings is 1. The number of nitrogens with zero attached hydrogens (tertiary/aromatic N) is 2. The lowest BCUT2D eigenvalue weighted by Gasteiger charge is -2.21. The number of halogens is 2. The Bertz CT molecular complexity index is 620. The van der Waals surface area contributed by atoms with Crippen LogP contribution in [0.3, 0.4) is 0 Å². The smallest absolute Gasteiger partial charge is 0.138 e. The summed E-state index contributed by atoms with van der Waals surface area (Å²) >= 11 is 12.2. The molecular weight excluding hydrogens is 359 g/mol. The fourth-order valence-electron chi connectivity index (χ4n) is 2.59. The molecule has 0 N–H and O–H groups in total. The maximum absolute atomic E-state index is 6.22. The standard InChI is InChI=1S/C19H26Cl2N2O2/c1-3-4-5-17(25-19-7-6-16(20)12-18(19)21)8-11-24-15(2)13-23-10-9-22-14-23/h6-7,9-10,12,14-15,17H,3-5,8,11,13H2,1-2H3. The minimum atomic E-state index is 0.0825. The second kappa shape index (κ2) is 10.7. The Morgan fingerprint density at radius 1 is 1.24 bits per heavy atom. The van der Waals surface area contributed by atoms with Gasteiger partial charge in [0.05, 0.1) is 24.1 Å². The Morgan fingerprint density at radius 2 is 2.08 bits per heavy atom. The summed E-state index contributed by atoms with van der Waals surface area (Å²) in [5, 5.41) is 1.16. The van der Waals surface area contributed by atoms with Crippen molar-refractivity contribution >= 4 is 23.2 Å². The fourth-order valence-corrected chi connectivity index (χ4v) is 3.04. The van der Waals surface area contributed by atoms with Crippen LogP contribution in [0.2, 0.25) is 10.0 Å². The molecule has 0 radical (unpaired) electrons. The van der Waals surface area contributed by atoms with E-state index in [0.717, 1.165) is 32.2 Å². The first kappa shape index (κ1) is 20.1. The number of unbranched alkanes of at least 4 members (excludes halogenated alkanes) is 1. The normalized spacial score (nSPS) is 13.6. The highest BCUT2D eigenvalue weighted by molar-refractivity contribution is 6.35. The van der Waals surface area contributed by atoms with Gasteiger partial charge in [0.25, 0.3) is 0 Å². The molecule has 2 atom stereocenters. The molecule has 0 aliphatic heterocycles. The third-order valence-electron chi connectivity index (χ3n) is 3.94. The molecule has 1 aromatic heterocycles. The maximum atomic E-state index is 6.22. The van der Waals surface area contributed by atoms with Crippen molar-refractivity contribution in [1.82, 2.24) is 9.55 Å². The van der Waals surface area contributed by atoms with Crippen molar-refractivity contribution in [3.05, 3.63) is 47.0 Å². The summed E-state index contributed by atoms with van der Waals surface area (Å²) in [6, 6.07) is 5.33. The van der Waals surface area contributed by atoms with Crippen molar-refractivity contribution in [2.45, 2.75) is 58.3 Å². The third kappa shape index (κ3) is 7.27. The number of hydrogen-bond acceptors (Lipinski definition) is 3. The number of rotatable bonds is 11. The molecule has 2 unspecified atom stereocenters. The quantitative estimate of drug-likeness (QED) is 0.504. The zero-order valence-corrected chi connectivity index (χ0v) is 16.3. The second-order valence-corrected chi connectivity index (χ2v) is 7.03. The van der Waals surface area contributed by atoms with Crippen molar-refractivity contribution in [3.63, 3.8) is 0 Å². The van der Waals surface area contributed by atoms with Crippen LogP contribution in [0.4, 0.5) is 0 Å². The summed E-state index contributed by atoms with van der Waals surface area (Å²) in [4.78, 5) is 4.04. The molecule has 2 aromatic rings. The summed E-state index contributed by atoms with van der Waals surface area (Å²) in [6.07, 6.45) is 9.77. The van der Waals surface area contributed by atoms with Crippen LogP contribution in [0.1, 0.15) is 39.5 Å². The number of hydrogen-bond donors (Lipinski definition) is 0. The summed E-state index contributed by atoms with van der Waals surface area (Å²) < 4.78 is 14.1. The molecule has 1 aromatic carbocycles. The van der Waals surface area contributed by atoms with Crippen LogP contribution in [0, 0.1) is 0 Å². The summed E-state index contributed by atoms with van der Waals surface area (Å²) in [5.74, 6) is 0.679. The van der Waals surface area contributed by atoms with Gasteiger partial charge in [-0.2, -0.15) is 0 Å². The zero-order chi connectivity index (χ0) is 18.1. The van der Waals surface area contributed by atoms with Gasteiger partial charge in [0.2, 0.25) is 0 Å². The van der Waals surface area contributed by atoms with E-state index in [0.29, 0.717) is 22.4 Å². The zero-order valence-electron chi connectivity index (χ0n) is 14.8. The van der Waals surface area contributed by atoms with Crippen LogP contribution in [-0.4, -0.2) is 28.4 Å². The molecule has 0 fully saturated rings. The lowest BCUT2D eigenvalue weighted by molar-refractivity contribution is 0.0322. The van der Waals surface area contributed by atoms with Crippen molar-refractivity contribution in [2.75, 3.05) is 6.61 Å². The highest BCUT2D eigenvalue weighted by Crippen LogP contribution is 2.29. The van der Waals surface area contributed by atoms with Gasteiger partial charge in [-0.3, -0.25) is 0 Å². The first-order chi connectivity index (χ1) is 12.1. The van der Waals surface area contributed by atoms with Gasteiger partial charge in [-0.1, -0.05) is 43.0 Å². The molecule has 6 heteroatoms. The van der Waals surface area contributed by atoms with E-state index in [1.807, 2.05) is 16.8 Å². The van der Waals surface area contributed by atoms with Crippen LogP contribution in [-0.2, 0) is 11.3 Å². The van der Waals surface area contributed by atoms with E-state index in [1.54, 1.807) is 24.7 Å². The summed E-state index contributed by atoms with van der Waals surface area (Å²) in [5.41, 5.74) is 0. The van der Waals surface area contributed by atoms with Gasteiger partial charge in [-0.05, 0) is 31.5 Å². The van der Waals surface area contributed by atoms with Gasteiger partial charge in [0, 0.05) is 30.4 Å². The molecule has 0 bridgehead atoms. The molecule has 138 valence electrons. The van der Waals surface area contributed by atoms with Crippen LogP contribution in [0.5, 0.6) is 5.75 Å². The number of benzene rings is 1. The van der Waals surface area contributed by atoms with Crippen LogP contribution in [0.25, 0.3) is 0 Å². The second-order valence-electron chi connectivity index (χ2n) is 6.19. The van der Waals surface area contributed by atoms with E-state index in [-0.39, 0.29) is 12.2 Å². The number of ether oxygens (including phenoxy) is 2. The summed E-state index contributed by atoms with van der Waals surface area (Å²) in [6.45, 7) is 5.69. The van der Waals surface area contributed by atoms with Gasteiger partial charge >= 0.3 is 0 Å². The SMILES string of the molecule is CCCCC(CCOC(C)Cn1ccnc1)Oc1ccc(Cl)cc1Cl. The van der Waals surface area contributed by atoms with Gasteiger partial charge in [0.15, 0.2) is 0 Å². The van der Waals surface area contributed by atoms with E-state index < -0.39 is 0 Å². The molecule has 0 saturated heterocycles. The Kier molecular flexibility index (Phi) is 8.59. The van der Waals surface area contributed by atoms with E-state index in [1.165, 1.54) is 0 Å². The molecule has 0 spiro atoms. The number of aromatic nitrogens is 2. The van der Waals surface area contributed by atoms with E-state index in [2.05, 4.69) is 18.8 Å². The van der Waals surface area contributed by atoms with Crippen LogP contribution >= 0.6 is 23.2 Å². The Labute approximate surface area is 160 Å². The van der Waals surface area contributed by atoms with Gasteiger partial charge in [-0.15, -0.1) is 0 Å². The molecule has 0 aliphatic carbocycles. The largest absolute Gasteiger partial charge is 0.489 e. The van der Waals surface area contributed by atoms with E-state index in [9.17, 15) is 0 Å². The molecule has 1 heterocycles. The highest BCUT2D eigenvalue weighted by Gasteiger charge is 2.14. The average Bonchev–Trinajstić information content (AvgIpc) is 3.07. The monoisotopic (exact) mass is 384 g/mol. The summed E-state index contributed by atoms with van der Waals surface area (Å²) in [7, 11) is 0. The first-order valence-corrected chi connectivity index (χ1v) is 9.53. The third-order valence-corrected chi connectivity index (χ3v) is 4.47. The molecular formula is C19H26Cl2N2O2. The predicted octanol–water partition coefficient (Wildman–Crippen LogP) is 5.62. The molecule has 25 heavy (non-hydrogen) atoms. The fraction of sp³-hybridized carbons (Fsp3) is 0.526. The Balaban J connectivity index is 1.82. The predicted molar refractivity (Wildman–Crippen MR) is 103 cm³/mol. The van der Waals surface area contributed by atoms with Crippen molar-refractivity contribution in [2.24, 2.45) is 0 Å². The highest BCUT2D eigenvalue weighted by atomic mass is 35.5. The maximum Gasteiger partial charge on any atom is 0.138 e. The molecule has 0 aliphatic rings. The van der Waals surface area contributed by atoms with Gasteiger partial charge in [0.1, 0.15) is 11.9 Å². The minimum Gasteiger partial charge on any atom is -0.489 e. The molecule has 4 nitrogen and oxygen atoms in total. The van der Waals surface area contributed by atoms with Gasteiger partial charge < -0.3 is 14.0 Å². The lowest BCUT2D eigenvalue weighted by atomic mass is 10.1. The molecule has 0 saturated carbocycles. The average molecular weight is 385 g/mol. The van der Waals surface area contributed by atoms with Crippen molar-refractivity contribution in [3.8, 4) is 5.75 Å². The first-order valence-electron chi connectivity index (χ1n) is 8.77. The Morgan fingerprint density at radius 3 is 2.76 bits per heavy atom. The molecule has 2 rings (SSSR count). The van der Waals surface area contributed by atoms with Crippen molar-refractivity contribution in [1.29, 1.82) is 0 Å². The topological polar surface area (TPSA) is 36.3 Å². The molecule has 0 amide bonds. The van der Waals surface area contributed by atoms with E-state index >= 15 is 0 Å². The minimum absolute atomic E-state index is 0.0825.